The number of benzene rings is 3. The van der Waals surface area contributed by atoms with E-state index in [4.69, 9.17) is 4.74 Å². The summed E-state index contributed by atoms with van der Waals surface area (Å²) < 4.78 is 80.1. The van der Waals surface area contributed by atoms with E-state index in [-0.39, 0.29) is 23.4 Å². The number of hydrogen-bond acceptors (Lipinski definition) is 5. The van der Waals surface area contributed by atoms with Crippen molar-refractivity contribution >= 4 is 17.3 Å². The van der Waals surface area contributed by atoms with Crippen LogP contribution < -0.4 is 14.4 Å². The number of esters is 1. The van der Waals surface area contributed by atoms with Gasteiger partial charge in [0.2, 0.25) is 0 Å². The van der Waals surface area contributed by atoms with Crippen LogP contribution in [0.2, 0.25) is 0 Å². The van der Waals surface area contributed by atoms with Gasteiger partial charge in [-0.15, -0.1) is 0 Å². The molecule has 0 N–H and O–H groups in total. The number of rotatable bonds is 9. The fourth-order valence-corrected chi connectivity index (χ4v) is 3.31. The molecular weight excluding hydrogens is 485 g/mol. The Balaban J connectivity index is 2.09. The molecule has 0 aromatic heterocycles. The van der Waals surface area contributed by atoms with Gasteiger partial charge in [0, 0.05) is 23.0 Å². The van der Waals surface area contributed by atoms with Gasteiger partial charge in [0.15, 0.2) is 11.5 Å². The van der Waals surface area contributed by atoms with Crippen LogP contribution in [0.5, 0.6) is 11.5 Å². The zero-order chi connectivity index (χ0) is 26.5. The third-order valence-corrected chi connectivity index (χ3v) is 4.75. The van der Waals surface area contributed by atoms with E-state index in [1.807, 2.05) is 0 Å². The number of carbonyl (C=O) groups is 1. The standard InChI is InChI=1S/C26H24F5NO4/c1-26(2,3)36-23(33)16-8-6-9-18(13-16)32(15-17-7-4-5-10-20(17)27)19-11-12-21(34-24(28)29)22(14-19)35-25(30)31/h4-14,24-25H,15H2,1-3H3. The highest BCUT2D eigenvalue weighted by Gasteiger charge is 2.22. The van der Waals surface area contributed by atoms with Crippen molar-refractivity contribution in [1.29, 1.82) is 0 Å². The van der Waals surface area contributed by atoms with E-state index in [1.54, 1.807) is 39.0 Å². The first-order valence-corrected chi connectivity index (χ1v) is 10.8. The molecule has 0 heterocycles. The van der Waals surface area contributed by atoms with Crippen LogP contribution in [0, 0.1) is 5.82 Å². The minimum Gasteiger partial charge on any atom is -0.456 e. The molecule has 0 aliphatic rings. The molecule has 0 fully saturated rings. The van der Waals surface area contributed by atoms with E-state index in [2.05, 4.69) is 9.47 Å². The van der Waals surface area contributed by atoms with Crippen LogP contribution in [0.4, 0.5) is 33.3 Å². The van der Waals surface area contributed by atoms with Crippen molar-refractivity contribution in [3.63, 3.8) is 0 Å². The van der Waals surface area contributed by atoms with Gasteiger partial charge in [-0.1, -0.05) is 24.3 Å². The van der Waals surface area contributed by atoms with Crippen LogP contribution in [0.25, 0.3) is 0 Å². The Bertz CT molecular complexity index is 1200. The molecule has 0 aliphatic carbocycles. The molecule has 3 rings (SSSR count). The predicted octanol–water partition coefficient (Wildman–Crippen LogP) is 7.32. The largest absolute Gasteiger partial charge is 0.456 e. The van der Waals surface area contributed by atoms with Crippen LogP contribution in [-0.2, 0) is 11.3 Å². The van der Waals surface area contributed by atoms with E-state index in [0.29, 0.717) is 5.69 Å². The molecule has 0 amide bonds. The number of hydrogen-bond donors (Lipinski definition) is 0. The fraction of sp³-hybridized carbons (Fsp3) is 0.269. The molecule has 192 valence electrons. The lowest BCUT2D eigenvalue weighted by Gasteiger charge is -2.27. The highest BCUT2D eigenvalue weighted by molar-refractivity contribution is 5.91. The van der Waals surface area contributed by atoms with Gasteiger partial charge in [0.1, 0.15) is 11.4 Å². The summed E-state index contributed by atoms with van der Waals surface area (Å²) in [7, 11) is 0. The second-order valence-corrected chi connectivity index (χ2v) is 8.62. The van der Waals surface area contributed by atoms with Gasteiger partial charge in [-0.3, -0.25) is 0 Å². The van der Waals surface area contributed by atoms with Crippen molar-refractivity contribution in [2.75, 3.05) is 4.90 Å². The van der Waals surface area contributed by atoms with Crippen molar-refractivity contribution in [2.24, 2.45) is 0 Å². The number of ether oxygens (including phenoxy) is 3. The molecule has 10 heteroatoms. The van der Waals surface area contributed by atoms with Crippen molar-refractivity contribution in [2.45, 2.75) is 46.1 Å². The first-order chi connectivity index (χ1) is 16.9. The first-order valence-electron chi connectivity index (χ1n) is 10.8. The molecule has 5 nitrogen and oxygen atoms in total. The summed E-state index contributed by atoms with van der Waals surface area (Å²) in [6.45, 7) is -1.52. The van der Waals surface area contributed by atoms with Gasteiger partial charge < -0.3 is 19.1 Å². The van der Waals surface area contributed by atoms with Gasteiger partial charge in [-0.25, -0.2) is 9.18 Å². The maximum absolute atomic E-state index is 14.5. The highest BCUT2D eigenvalue weighted by Crippen LogP contribution is 2.38. The third kappa shape index (κ3) is 7.34. The minimum absolute atomic E-state index is 0.0897. The Morgan fingerprint density at radius 2 is 1.47 bits per heavy atom. The Morgan fingerprint density at radius 1 is 0.833 bits per heavy atom. The Labute approximate surface area is 205 Å². The molecule has 0 atom stereocenters. The third-order valence-electron chi connectivity index (χ3n) is 4.75. The molecule has 36 heavy (non-hydrogen) atoms. The lowest BCUT2D eigenvalue weighted by atomic mass is 10.1. The maximum Gasteiger partial charge on any atom is 0.387 e. The molecule has 0 aliphatic heterocycles. The zero-order valence-corrected chi connectivity index (χ0v) is 19.7. The Hall–Kier alpha value is -3.82. The summed E-state index contributed by atoms with van der Waals surface area (Å²) in [5.41, 5.74) is 0.276. The van der Waals surface area contributed by atoms with E-state index in [0.717, 1.165) is 12.1 Å². The SMILES string of the molecule is CC(C)(C)OC(=O)c1cccc(N(Cc2ccccc2F)c2ccc(OC(F)F)c(OC(F)F)c2)c1. The molecule has 3 aromatic rings. The second-order valence-electron chi connectivity index (χ2n) is 8.62. The van der Waals surface area contributed by atoms with Crippen LogP contribution in [0.1, 0.15) is 36.7 Å². The maximum atomic E-state index is 14.5. The number of anilines is 2. The summed E-state index contributed by atoms with van der Waals surface area (Å²) in [5.74, 6) is -2.35. The normalized spacial score (nSPS) is 11.5. The highest BCUT2D eigenvalue weighted by atomic mass is 19.3. The number of carbonyl (C=O) groups excluding carboxylic acids is 1. The number of halogens is 5. The van der Waals surface area contributed by atoms with Crippen molar-refractivity contribution in [3.8, 4) is 11.5 Å². The fourth-order valence-electron chi connectivity index (χ4n) is 3.31. The monoisotopic (exact) mass is 509 g/mol. The van der Waals surface area contributed by atoms with E-state index < -0.39 is 42.1 Å². The molecular formula is C26H24F5NO4. The Kier molecular flexibility index (Phi) is 8.39. The summed E-state index contributed by atoms with van der Waals surface area (Å²) in [5, 5.41) is 0. The van der Waals surface area contributed by atoms with Crippen molar-refractivity contribution in [1.82, 2.24) is 0 Å². The van der Waals surface area contributed by atoms with Crippen molar-refractivity contribution < 1.29 is 41.0 Å². The average Bonchev–Trinajstić information content (AvgIpc) is 2.78. The Morgan fingerprint density at radius 3 is 2.11 bits per heavy atom. The van der Waals surface area contributed by atoms with E-state index >= 15 is 0 Å². The van der Waals surface area contributed by atoms with Crippen LogP contribution in [-0.4, -0.2) is 24.8 Å². The van der Waals surface area contributed by atoms with Gasteiger partial charge in [0.25, 0.3) is 0 Å². The van der Waals surface area contributed by atoms with Gasteiger partial charge in [-0.05, 0) is 57.2 Å². The van der Waals surface area contributed by atoms with Crippen LogP contribution in [0.3, 0.4) is 0 Å². The molecule has 3 aromatic carbocycles. The average molecular weight is 509 g/mol. The first kappa shape index (κ1) is 26.8. The van der Waals surface area contributed by atoms with Gasteiger partial charge in [-0.2, -0.15) is 17.6 Å². The summed E-state index contributed by atoms with van der Waals surface area (Å²) in [4.78, 5) is 14.1. The molecule has 0 unspecified atom stereocenters. The van der Waals surface area contributed by atoms with Crippen LogP contribution in [0.15, 0.2) is 66.7 Å². The zero-order valence-electron chi connectivity index (χ0n) is 19.7. The summed E-state index contributed by atoms with van der Waals surface area (Å²) >= 11 is 0. The molecule has 0 radical (unpaired) electrons. The summed E-state index contributed by atoms with van der Waals surface area (Å²) in [6, 6.07) is 15.6. The lowest BCUT2D eigenvalue weighted by molar-refractivity contribution is -0.0692. The molecule has 0 saturated heterocycles. The second kappa shape index (κ2) is 11.3. The minimum atomic E-state index is -3.31. The lowest BCUT2D eigenvalue weighted by Crippen LogP contribution is -2.24. The molecule has 0 spiro atoms. The van der Waals surface area contributed by atoms with E-state index in [9.17, 15) is 26.7 Å². The van der Waals surface area contributed by atoms with Gasteiger partial charge in [0.05, 0.1) is 12.1 Å². The van der Waals surface area contributed by atoms with Crippen molar-refractivity contribution in [3.05, 3.63) is 83.7 Å². The summed E-state index contributed by atoms with van der Waals surface area (Å²) in [6.07, 6.45) is 0. The van der Waals surface area contributed by atoms with Crippen LogP contribution >= 0.6 is 0 Å². The number of alkyl halides is 4. The number of nitrogens with zero attached hydrogens (tertiary/aromatic N) is 1. The van der Waals surface area contributed by atoms with Gasteiger partial charge >= 0.3 is 19.2 Å². The topological polar surface area (TPSA) is 48.0 Å². The predicted molar refractivity (Wildman–Crippen MR) is 124 cm³/mol. The quantitative estimate of drug-likeness (QED) is 0.223. The molecule has 0 bridgehead atoms. The smallest absolute Gasteiger partial charge is 0.387 e. The molecule has 0 saturated carbocycles. The van der Waals surface area contributed by atoms with E-state index in [1.165, 1.54) is 41.3 Å².